The Morgan fingerprint density at radius 2 is 1.62 bits per heavy atom. The third-order valence-corrected chi connectivity index (χ3v) is 3.51. The quantitative estimate of drug-likeness (QED) is 0.860. The maximum absolute atomic E-state index is 6.11. The highest BCUT2D eigenvalue weighted by Gasteiger charge is 2.16. The number of piperidine rings is 1. The van der Waals surface area contributed by atoms with Crippen LogP contribution in [-0.4, -0.2) is 19.1 Å². The minimum atomic E-state index is 0.428. The van der Waals surface area contributed by atoms with Crippen LogP contribution in [0, 0.1) is 0 Å². The normalized spacial score (nSPS) is 17.4. The Labute approximate surface area is 110 Å². The third-order valence-electron chi connectivity index (χ3n) is 2.69. The summed E-state index contributed by atoms with van der Waals surface area (Å²) < 4.78 is 0. The van der Waals surface area contributed by atoms with Gasteiger partial charge in [-0.25, -0.2) is 0 Å². The third kappa shape index (κ3) is 2.95. The van der Waals surface area contributed by atoms with Gasteiger partial charge < -0.3 is 10.6 Å². The van der Waals surface area contributed by atoms with Crippen LogP contribution in [0.5, 0.6) is 0 Å². The number of hydrogen-bond donors (Lipinski definition) is 2. The molecule has 0 amide bonds. The summed E-state index contributed by atoms with van der Waals surface area (Å²) in [6, 6.07) is 3.84. The van der Waals surface area contributed by atoms with Crippen molar-refractivity contribution < 1.29 is 0 Å². The monoisotopic (exact) mass is 278 g/mol. The highest BCUT2D eigenvalue weighted by molar-refractivity contribution is 6.41. The lowest BCUT2D eigenvalue weighted by atomic mass is 10.1. The molecule has 0 atom stereocenters. The maximum Gasteiger partial charge on any atom is 0.0722 e. The van der Waals surface area contributed by atoms with Gasteiger partial charge in [0.25, 0.3) is 0 Å². The van der Waals surface area contributed by atoms with Crippen molar-refractivity contribution in [1.82, 2.24) is 5.32 Å². The number of rotatable bonds is 2. The van der Waals surface area contributed by atoms with Crippen molar-refractivity contribution in [2.24, 2.45) is 0 Å². The fourth-order valence-corrected chi connectivity index (χ4v) is 2.78. The van der Waals surface area contributed by atoms with Crippen LogP contribution in [0.1, 0.15) is 12.8 Å². The Morgan fingerprint density at radius 1 is 1.06 bits per heavy atom. The zero-order valence-corrected chi connectivity index (χ0v) is 11.0. The Hall–Kier alpha value is -0.150. The summed E-state index contributed by atoms with van der Waals surface area (Å²) in [6.45, 7) is 2.06. The molecule has 2 N–H and O–H groups in total. The Bertz CT molecular complexity index is 352. The minimum Gasteiger partial charge on any atom is -0.380 e. The molecule has 0 unspecified atom stereocenters. The van der Waals surface area contributed by atoms with E-state index in [1.807, 2.05) is 0 Å². The molecule has 1 saturated heterocycles. The van der Waals surface area contributed by atoms with Crippen LogP contribution in [0.15, 0.2) is 12.1 Å². The molecule has 0 bridgehead atoms. The Balaban J connectivity index is 2.14. The Kier molecular flexibility index (Phi) is 4.20. The van der Waals surface area contributed by atoms with Gasteiger partial charge >= 0.3 is 0 Å². The van der Waals surface area contributed by atoms with Crippen molar-refractivity contribution in [3.05, 3.63) is 27.2 Å². The molecule has 2 nitrogen and oxygen atoms in total. The molecule has 1 aromatic carbocycles. The van der Waals surface area contributed by atoms with Gasteiger partial charge in [-0.15, -0.1) is 0 Å². The van der Waals surface area contributed by atoms with Crippen molar-refractivity contribution >= 4 is 40.5 Å². The molecule has 1 heterocycles. The molecule has 16 heavy (non-hydrogen) atoms. The first-order chi connectivity index (χ1) is 7.66. The first-order valence-electron chi connectivity index (χ1n) is 5.28. The van der Waals surface area contributed by atoms with Crippen LogP contribution in [-0.2, 0) is 0 Å². The second kappa shape index (κ2) is 5.46. The lowest BCUT2D eigenvalue weighted by molar-refractivity contribution is 0.479. The molecular formula is C11H13Cl3N2. The predicted octanol–water partition coefficient (Wildman–Crippen LogP) is 3.81. The molecular weight excluding hydrogens is 266 g/mol. The molecule has 1 aliphatic rings. The summed E-state index contributed by atoms with van der Waals surface area (Å²) in [7, 11) is 0. The molecule has 88 valence electrons. The van der Waals surface area contributed by atoms with Gasteiger partial charge in [0.2, 0.25) is 0 Å². The van der Waals surface area contributed by atoms with Crippen LogP contribution in [0.25, 0.3) is 0 Å². The standard InChI is InChI=1S/C11H13Cl3N2/c12-7-5-9(13)11(10(14)6-7)16-8-1-3-15-4-2-8/h5-6,8,15-16H,1-4H2. The lowest BCUT2D eigenvalue weighted by Gasteiger charge is -2.25. The summed E-state index contributed by atoms with van der Waals surface area (Å²) in [6.07, 6.45) is 2.16. The van der Waals surface area contributed by atoms with Crippen molar-refractivity contribution in [1.29, 1.82) is 0 Å². The molecule has 0 spiro atoms. The van der Waals surface area contributed by atoms with Gasteiger partial charge in [-0.05, 0) is 38.1 Å². The molecule has 0 aromatic heterocycles. The smallest absolute Gasteiger partial charge is 0.0722 e. The fraction of sp³-hybridized carbons (Fsp3) is 0.455. The summed E-state index contributed by atoms with van der Waals surface area (Å²) in [4.78, 5) is 0. The highest BCUT2D eigenvalue weighted by atomic mass is 35.5. The number of halogens is 3. The van der Waals surface area contributed by atoms with E-state index in [2.05, 4.69) is 10.6 Å². The average Bonchev–Trinajstić information content (AvgIpc) is 2.25. The van der Waals surface area contributed by atoms with Crippen LogP contribution in [0.2, 0.25) is 15.1 Å². The van der Waals surface area contributed by atoms with Crippen LogP contribution >= 0.6 is 34.8 Å². The highest BCUT2D eigenvalue weighted by Crippen LogP contribution is 2.34. The van der Waals surface area contributed by atoms with Crippen LogP contribution in [0.3, 0.4) is 0 Å². The van der Waals surface area contributed by atoms with Crippen molar-refractivity contribution in [2.75, 3.05) is 18.4 Å². The van der Waals surface area contributed by atoms with Crippen molar-refractivity contribution in [2.45, 2.75) is 18.9 Å². The largest absolute Gasteiger partial charge is 0.380 e. The van der Waals surface area contributed by atoms with E-state index in [0.29, 0.717) is 21.1 Å². The predicted molar refractivity (Wildman–Crippen MR) is 71.0 cm³/mol. The van der Waals surface area contributed by atoms with Crippen LogP contribution in [0.4, 0.5) is 5.69 Å². The summed E-state index contributed by atoms with van der Waals surface area (Å²) in [5, 5.41) is 8.41. The van der Waals surface area contributed by atoms with Gasteiger partial charge in [0.1, 0.15) is 0 Å². The number of benzene rings is 1. The van der Waals surface area contributed by atoms with Gasteiger partial charge in [-0.2, -0.15) is 0 Å². The summed E-state index contributed by atoms with van der Waals surface area (Å²) in [5.74, 6) is 0. The number of hydrogen-bond acceptors (Lipinski definition) is 2. The van der Waals surface area contributed by atoms with E-state index in [9.17, 15) is 0 Å². The van der Waals surface area contributed by atoms with Gasteiger partial charge in [0.05, 0.1) is 15.7 Å². The van der Waals surface area contributed by atoms with Crippen LogP contribution < -0.4 is 10.6 Å². The fourth-order valence-electron chi connectivity index (χ4n) is 1.85. The molecule has 0 saturated carbocycles. The summed E-state index contributed by atoms with van der Waals surface area (Å²) in [5.41, 5.74) is 0.791. The molecule has 5 heteroatoms. The zero-order chi connectivity index (χ0) is 11.5. The average molecular weight is 280 g/mol. The van der Waals surface area contributed by atoms with Gasteiger partial charge in [0.15, 0.2) is 0 Å². The summed E-state index contributed by atoms with van der Waals surface area (Å²) >= 11 is 18.1. The van der Waals surface area contributed by atoms with Gasteiger partial charge in [-0.1, -0.05) is 34.8 Å². The molecule has 2 rings (SSSR count). The number of nitrogens with one attached hydrogen (secondary N) is 2. The van der Waals surface area contributed by atoms with Gasteiger partial charge in [-0.3, -0.25) is 0 Å². The minimum absolute atomic E-state index is 0.428. The zero-order valence-electron chi connectivity index (χ0n) is 8.69. The molecule has 1 fully saturated rings. The van der Waals surface area contributed by atoms with Crippen molar-refractivity contribution in [3.8, 4) is 0 Å². The topological polar surface area (TPSA) is 24.1 Å². The van der Waals surface area contributed by atoms with Gasteiger partial charge in [0, 0.05) is 11.1 Å². The lowest BCUT2D eigenvalue weighted by Crippen LogP contribution is -2.35. The molecule has 1 aliphatic heterocycles. The van der Waals surface area contributed by atoms with E-state index in [-0.39, 0.29) is 0 Å². The molecule has 0 radical (unpaired) electrons. The number of anilines is 1. The first-order valence-corrected chi connectivity index (χ1v) is 6.42. The second-order valence-electron chi connectivity index (χ2n) is 3.91. The van der Waals surface area contributed by atoms with E-state index < -0.39 is 0 Å². The molecule has 1 aromatic rings. The maximum atomic E-state index is 6.11. The van der Waals surface area contributed by atoms with E-state index in [1.165, 1.54) is 0 Å². The SMILES string of the molecule is Clc1cc(Cl)c(NC2CCNCC2)c(Cl)c1. The first kappa shape index (κ1) is 12.3. The van der Waals surface area contributed by atoms with E-state index in [1.54, 1.807) is 12.1 Å². The van der Waals surface area contributed by atoms with E-state index >= 15 is 0 Å². The van der Waals surface area contributed by atoms with Crippen molar-refractivity contribution in [3.63, 3.8) is 0 Å². The molecule has 0 aliphatic carbocycles. The van der Waals surface area contributed by atoms with E-state index in [0.717, 1.165) is 31.6 Å². The van der Waals surface area contributed by atoms with E-state index in [4.69, 9.17) is 34.8 Å². The second-order valence-corrected chi connectivity index (χ2v) is 5.16. The Morgan fingerprint density at radius 3 is 2.19 bits per heavy atom.